The lowest BCUT2D eigenvalue weighted by Crippen LogP contribution is -2.36. The van der Waals surface area contributed by atoms with Gasteiger partial charge in [0.05, 0.1) is 10.2 Å². The third-order valence-electron chi connectivity index (χ3n) is 4.77. The maximum Gasteiger partial charge on any atom is 0.228 e. The SMILES string of the molecule is CCc1ccc2nc(N(CCN(C)C)C(=O)CCCSc3ccc(Cl)cc3)sc2c1. The molecule has 0 N–H and O–H groups in total. The number of likely N-dealkylation sites (N-methyl/N-ethyl adjacent to an activating group) is 1. The molecule has 0 aliphatic carbocycles. The molecule has 0 spiro atoms. The van der Waals surface area contributed by atoms with Crippen molar-refractivity contribution in [3.8, 4) is 0 Å². The Morgan fingerprint density at radius 2 is 1.90 bits per heavy atom. The molecule has 0 bridgehead atoms. The highest BCUT2D eigenvalue weighted by Crippen LogP contribution is 2.30. The summed E-state index contributed by atoms with van der Waals surface area (Å²) in [7, 11) is 4.05. The minimum absolute atomic E-state index is 0.142. The van der Waals surface area contributed by atoms with E-state index in [1.54, 1.807) is 23.1 Å². The van der Waals surface area contributed by atoms with Crippen LogP contribution in [-0.2, 0) is 11.2 Å². The zero-order valence-corrected chi connectivity index (χ0v) is 20.1. The van der Waals surface area contributed by atoms with Crippen LogP contribution in [0.4, 0.5) is 5.13 Å². The molecule has 3 rings (SSSR count). The summed E-state index contributed by atoms with van der Waals surface area (Å²) in [6.45, 7) is 3.61. The molecule has 1 aromatic heterocycles. The van der Waals surface area contributed by atoms with Crippen LogP contribution >= 0.6 is 34.7 Å². The molecule has 7 heteroatoms. The predicted molar refractivity (Wildman–Crippen MR) is 131 cm³/mol. The lowest BCUT2D eigenvalue weighted by Gasteiger charge is -2.22. The summed E-state index contributed by atoms with van der Waals surface area (Å²) >= 11 is 9.30. The van der Waals surface area contributed by atoms with Crippen LogP contribution in [0, 0.1) is 0 Å². The van der Waals surface area contributed by atoms with E-state index in [2.05, 4.69) is 30.0 Å². The van der Waals surface area contributed by atoms with Crippen LogP contribution in [0.1, 0.15) is 25.3 Å². The van der Waals surface area contributed by atoms with Crippen molar-refractivity contribution in [3.63, 3.8) is 0 Å². The van der Waals surface area contributed by atoms with Gasteiger partial charge in [0.25, 0.3) is 0 Å². The molecule has 160 valence electrons. The summed E-state index contributed by atoms with van der Waals surface area (Å²) in [6, 6.07) is 14.2. The Morgan fingerprint density at radius 3 is 2.60 bits per heavy atom. The van der Waals surface area contributed by atoms with Gasteiger partial charge in [0.15, 0.2) is 5.13 Å². The van der Waals surface area contributed by atoms with Crippen molar-refractivity contribution in [2.75, 3.05) is 37.8 Å². The number of halogens is 1. The number of nitrogens with zero attached hydrogens (tertiary/aromatic N) is 3. The monoisotopic (exact) mass is 461 g/mol. The fraction of sp³-hybridized carbons (Fsp3) is 0.391. The molecular weight excluding hydrogens is 434 g/mol. The zero-order valence-electron chi connectivity index (χ0n) is 17.7. The first kappa shape index (κ1) is 23.1. The first-order valence-corrected chi connectivity index (χ1v) is 12.4. The van der Waals surface area contributed by atoms with Gasteiger partial charge in [-0.1, -0.05) is 35.9 Å². The summed E-state index contributed by atoms with van der Waals surface area (Å²) in [6.07, 6.45) is 2.34. The van der Waals surface area contributed by atoms with Gasteiger partial charge in [-0.3, -0.25) is 9.69 Å². The van der Waals surface area contributed by atoms with Crippen LogP contribution in [0.25, 0.3) is 10.2 Å². The number of amides is 1. The second-order valence-electron chi connectivity index (χ2n) is 7.41. The fourth-order valence-electron chi connectivity index (χ4n) is 3.00. The molecule has 0 fully saturated rings. The highest BCUT2D eigenvalue weighted by Gasteiger charge is 2.19. The molecule has 30 heavy (non-hydrogen) atoms. The van der Waals surface area contributed by atoms with Gasteiger partial charge in [-0.2, -0.15) is 0 Å². The number of aromatic nitrogens is 1. The van der Waals surface area contributed by atoms with Crippen LogP contribution in [0.15, 0.2) is 47.4 Å². The minimum Gasteiger partial charge on any atom is -0.308 e. The average molecular weight is 462 g/mol. The number of thioether (sulfide) groups is 1. The summed E-state index contributed by atoms with van der Waals surface area (Å²) in [5.41, 5.74) is 2.26. The van der Waals surface area contributed by atoms with E-state index in [0.29, 0.717) is 13.0 Å². The maximum atomic E-state index is 13.1. The van der Waals surface area contributed by atoms with Crippen molar-refractivity contribution in [2.24, 2.45) is 0 Å². The molecule has 0 aliphatic heterocycles. The number of rotatable bonds is 10. The number of hydrogen-bond acceptors (Lipinski definition) is 5. The lowest BCUT2D eigenvalue weighted by atomic mass is 10.2. The van der Waals surface area contributed by atoms with Crippen molar-refractivity contribution in [1.82, 2.24) is 9.88 Å². The van der Waals surface area contributed by atoms with E-state index in [4.69, 9.17) is 16.6 Å². The van der Waals surface area contributed by atoms with Crippen LogP contribution in [0.5, 0.6) is 0 Å². The van der Waals surface area contributed by atoms with Gasteiger partial charge < -0.3 is 4.90 Å². The second kappa shape index (κ2) is 11.1. The van der Waals surface area contributed by atoms with E-state index in [1.807, 2.05) is 43.3 Å². The molecule has 0 atom stereocenters. The number of fused-ring (bicyclic) bond motifs is 1. The molecule has 0 saturated carbocycles. The second-order valence-corrected chi connectivity index (χ2v) is 10.0. The van der Waals surface area contributed by atoms with Crippen LogP contribution in [-0.4, -0.2) is 48.7 Å². The molecule has 0 radical (unpaired) electrons. The molecule has 3 aromatic rings. The Hall–Kier alpha value is -1.60. The van der Waals surface area contributed by atoms with E-state index in [9.17, 15) is 4.79 Å². The van der Waals surface area contributed by atoms with E-state index in [1.165, 1.54) is 10.5 Å². The molecule has 1 heterocycles. The summed E-state index contributed by atoms with van der Waals surface area (Å²) in [4.78, 5) is 23.0. The number of carbonyl (C=O) groups is 1. The zero-order chi connectivity index (χ0) is 21.5. The van der Waals surface area contributed by atoms with E-state index < -0.39 is 0 Å². The Kier molecular flexibility index (Phi) is 8.57. The van der Waals surface area contributed by atoms with Gasteiger partial charge in [-0.05, 0) is 74.7 Å². The van der Waals surface area contributed by atoms with Crippen molar-refractivity contribution in [1.29, 1.82) is 0 Å². The van der Waals surface area contributed by atoms with E-state index in [-0.39, 0.29) is 5.91 Å². The lowest BCUT2D eigenvalue weighted by molar-refractivity contribution is -0.118. The van der Waals surface area contributed by atoms with Crippen LogP contribution in [0.2, 0.25) is 5.02 Å². The van der Waals surface area contributed by atoms with E-state index in [0.717, 1.165) is 45.5 Å². The molecule has 0 unspecified atom stereocenters. The summed E-state index contributed by atoms with van der Waals surface area (Å²) in [5.74, 6) is 1.04. The molecule has 2 aromatic carbocycles. The third-order valence-corrected chi connectivity index (χ3v) is 7.16. The van der Waals surface area contributed by atoms with Gasteiger partial charge in [0.2, 0.25) is 5.91 Å². The van der Waals surface area contributed by atoms with Gasteiger partial charge in [-0.25, -0.2) is 4.98 Å². The number of thiazole rings is 1. The van der Waals surface area contributed by atoms with Crippen molar-refractivity contribution < 1.29 is 4.79 Å². The minimum atomic E-state index is 0.142. The van der Waals surface area contributed by atoms with Gasteiger partial charge in [-0.15, -0.1) is 11.8 Å². The first-order valence-electron chi connectivity index (χ1n) is 10.2. The predicted octanol–water partition coefficient (Wildman–Crippen LogP) is 5.98. The molecule has 4 nitrogen and oxygen atoms in total. The first-order chi connectivity index (χ1) is 14.5. The standard InChI is InChI=1S/C23H28ClN3OS2/c1-4-17-7-12-20-21(16-17)30-23(25-20)27(14-13-26(2)3)22(28)6-5-15-29-19-10-8-18(24)9-11-19/h7-12,16H,4-6,13-15H2,1-3H3. The van der Waals surface area contributed by atoms with Gasteiger partial charge in [0, 0.05) is 29.4 Å². The topological polar surface area (TPSA) is 36.4 Å². The van der Waals surface area contributed by atoms with Crippen LogP contribution < -0.4 is 4.90 Å². The molecular formula is C23H28ClN3OS2. The highest BCUT2D eigenvalue weighted by molar-refractivity contribution is 7.99. The van der Waals surface area contributed by atoms with Gasteiger partial charge in [0.1, 0.15) is 0 Å². The highest BCUT2D eigenvalue weighted by atomic mass is 35.5. The van der Waals surface area contributed by atoms with Gasteiger partial charge >= 0.3 is 0 Å². The molecule has 0 saturated heterocycles. The number of aryl methyl sites for hydroxylation is 1. The van der Waals surface area contributed by atoms with E-state index >= 15 is 0 Å². The number of anilines is 1. The Morgan fingerprint density at radius 1 is 1.13 bits per heavy atom. The number of benzene rings is 2. The van der Waals surface area contributed by atoms with Crippen molar-refractivity contribution >= 4 is 56.0 Å². The fourth-order valence-corrected chi connectivity index (χ4v) is 5.05. The molecule has 1 amide bonds. The Balaban J connectivity index is 1.64. The Labute approximate surface area is 192 Å². The smallest absolute Gasteiger partial charge is 0.228 e. The van der Waals surface area contributed by atoms with Crippen molar-refractivity contribution in [3.05, 3.63) is 53.1 Å². The summed E-state index contributed by atoms with van der Waals surface area (Å²) < 4.78 is 1.14. The normalized spacial score (nSPS) is 11.4. The third kappa shape index (κ3) is 6.45. The summed E-state index contributed by atoms with van der Waals surface area (Å²) in [5, 5.41) is 1.54. The Bertz CT molecular complexity index is 972. The largest absolute Gasteiger partial charge is 0.308 e. The van der Waals surface area contributed by atoms with Crippen molar-refractivity contribution in [2.45, 2.75) is 31.1 Å². The quantitative estimate of drug-likeness (QED) is 0.275. The number of hydrogen-bond donors (Lipinski definition) is 0. The average Bonchev–Trinajstić information content (AvgIpc) is 3.15. The number of carbonyl (C=O) groups excluding carboxylic acids is 1. The van der Waals surface area contributed by atoms with Crippen LogP contribution in [0.3, 0.4) is 0 Å². The molecule has 0 aliphatic rings. The maximum absolute atomic E-state index is 13.1.